The fraction of sp³-hybridized carbons (Fsp3) is 0.562. The number of Topliss-reactive ketones (excluding diaryl/α,β-unsaturated/α-hetero) is 1. The van der Waals surface area contributed by atoms with Crippen LogP contribution in [0.15, 0.2) is 0 Å². The number of carbonyl (C=O) groups is 1. The number of benzene rings is 1. The van der Waals surface area contributed by atoms with Crippen LogP contribution in [-0.4, -0.2) is 26.5 Å². The number of carbonyl (C=O) groups excluding carboxylic acids is 1. The Morgan fingerprint density at radius 1 is 1.16 bits per heavy atom. The Hall–Kier alpha value is -1.35. The maximum atomic E-state index is 12.3. The first-order valence-corrected chi connectivity index (χ1v) is 6.98. The van der Waals surface area contributed by atoms with E-state index in [-0.39, 0.29) is 5.78 Å². The Balaban J connectivity index is 2.64. The standard InChI is InChI=1S/C16H23NO2/c1-10-12-7-5-6-8-13(12)11(2)16(19-4)15(10)14(18)9-17-3/h17H,5-9H2,1-4H3. The number of methoxy groups -OCH3 is 1. The van der Waals surface area contributed by atoms with Crippen LogP contribution in [0.1, 0.15) is 45.5 Å². The molecule has 19 heavy (non-hydrogen) atoms. The lowest BCUT2D eigenvalue weighted by atomic mass is 9.82. The molecule has 0 bridgehead atoms. The highest BCUT2D eigenvalue weighted by molar-refractivity contribution is 6.02. The normalized spacial score (nSPS) is 14.1. The van der Waals surface area contributed by atoms with Crippen molar-refractivity contribution in [3.63, 3.8) is 0 Å². The summed E-state index contributed by atoms with van der Waals surface area (Å²) in [6, 6.07) is 0. The third kappa shape index (κ3) is 2.39. The summed E-state index contributed by atoms with van der Waals surface area (Å²) in [4.78, 5) is 12.3. The zero-order valence-electron chi connectivity index (χ0n) is 12.4. The molecule has 104 valence electrons. The lowest BCUT2D eigenvalue weighted by Crippen LogP contribution is -2.22. The molecular formula is C16H23NO2. The van der Waals surface area contributed by atoms with E-state index in [0.29, 0.717) is 6.54 Å². The van der Waals surface area contributed by atoms with Crippen LogP contribution in [0.5, 0.6) is 5.75 Å². The Bertz CT molecular complexity index is 506. The van der Waals surface area contributed by atoms with E-state index in [2.05, 4.69) is 19.2 Å². The van der Waals surface area contributed by atoms with Crippen molar-refractivity contribution in [1.82, 2.24) is 5.32 Å². The summed E-state index contributed by atoms with van der Waals surface area (Å²) in [6.07, 6.45) is 4.66. The fourth-order valence-electron chi connectivity index (χ4n) is 3.22. The van der Waals surface area contributed by atoms with Gasteiger partial charge in [-0.15, -0.1) is 0 Å². The van der Waals surface area contributed by atoms with Gasteiger partial charge in [0.2, 0.25) is 0 Å². The number of ketones is 1. The van der Waals surface area contributed by atoms with Gasteiger partial charge in [-0.1, -0.05) is 0 Å². The minimum atomic E-state index is 0.119. The zero-order valence-corrected chi connectivity index (χ0v) is 12.4. The third-order valence-corrected chi connectivity index (χ3v) is 4.14. The van der Waals surface area contributed by atoms with Gasteiger partial charge in [-0.3, -0.25) is 4.79 Å². The maximum absolute atomic E-state index is 12.3. The van der Waals surface area contributed by atoms with Gasteiger partial charge in [0.15, 0.2) is 5.78 Å². The van der Waals surface area contributed by atoms with Crippen LogP contribution in [0, 0.1) is 13.8 Å². The monoisotopic (exact) mass is 261 g/mol. The SMILES string of the molecule is CNCC(=O)c1c(C)c2c(c(C)c1OC)CCCC2. The average molecular weight is 261 g/mol. The number of nitrogens with one attached hydrogen (secondary N) is 1. The van der Waals surface area contributed by atoms with E-state index in [1.54, 1.807) is 14.2 Å². The topological polar surface area (TPSA) is 38.3 Å². The molecule has 1 aromatic carbocycles. The van der Waals surface area contributed by atoms with E-state index in [0.717, 1.165) is 35.3 Å². The summed E-state index contributed by atoms with van der Waals surface area (Å²) in [5.74, 6) is 0.895. The molecule has 0 radical (unpaired) electrons. The second-order valence-corrected chi connectivity index (χ2v) is 5.28. The molecule has 0 unspecified atom stereocenters. The molecule has 0 saturated carbocycles. The number of ether oxygens (including phenoxy) is 1. The number of hydrogen-bond acceptors (Lipinski definition) is 3. The maximum Gasteiger partial charge on any atom is 0.180 e. The highest BCUT2D eigenvalue weighted by Gasteiger charge is 2.25. The van der Waals surface area contributed by atoms with Crippen LogP contribution < -0.4 is 10.1 Å². The van der Waals surface area contributed by atoms with Crippen LogP contribution in [0.2, 0.25) is 0 Å². The second-order valence-electron chi connectivity index (χ2n) is 5.28. The van der Waals surface area contributed by atoms with Gasteiger partial charge >= 0.3 is 0 Å². The van der Waals surface area contributed by atoms with E-state index in [4.69, 9.17) is 4.74 Å². The summed E-state index contributed by atoms with van der Waals surface area (Å²) >= 11 is 0. The van der Waals surface area contributed by atoms with Crippen molar-refractivity contribution < 1.29 is 9.53 Å². The Morgan fingerprint density at radius 3 is 2.26 bits per heavy atom. The summed E-state index contributed by atoms with van der Waals surface area (Å²) in [5.41, 5.74) is 5.83. The van der Waals surface area contributed by atoms with Gasteiger partial charge in [0.25, 0.3) is 0 Å². The highest BCUT2D eigenvalue weighted by atomic mass is 16.5. The van der Waals surface area contributed by atoms with Crippen molar-refractivity contribution in [3.8, 4) is 5.75 Å². The molecule has 0 atom stereocenters. The largest absolute Gasteiger partial charge is 0.496 e. The minimum absolute atomic E-state index is 0.119. The average Bonchev–Trinajstić information content (AvgIpc) is 2.42. The molecule has 0 fully saturated rings. The van der Waals surface area contributed by atoms with Crippen molar-refractivity contribution in [2.45, 2.75) is 39.5 Å². The molecule has 0 aliphatic heterocycles. The molecule has 0 aromatic heterocycles. The lowest BCUT2D eigenvalue weighted by Gasteiger charge is -2.25. The molecule has 1 aromatic rings. The van der Waals surface area contributed by atoms with Crippen LogP contribution in [0.3, 0.4) is 0 Å². The van der Waals surface area contributed by atoms with Crippen molar-refractivity contribution in [2.24, 2.45) is 0 Å². The Kier molecular flexibility index (Phi) is 4.25. The van der Waals surface area contributed by atoms with Gasteiger partial charge in [-0.2, -0.15) is 0 Å². The van der Waals surface area contributed by atoms with Gasteiger partial charge < -0.3 is 10.1 Å². The molecule has 0 saturated heterocycles. The Morgan fingerprint density at radius 2 is 1.74 bits per heavy atom. The third-order valence-electron chi connectivity index (χ3n) is 4.14. The Labute approximate surface area is 115 Å². The summed E-state index contributed by atoms with van der Waals surface area (Å²) in [5, 5.41) is 2.94. The van der Waals surface area contributed by atoms with E-state index in [9.17, 15) is 4.79 Å². The first-order valence-electron chi connectivity index (χ1n) is 6.98. The fourth-order valence-corrected chi connectivity index (χ4v) is 3.22. The zero-order chi connectivity index (χ0) is 14.0. The van der Waals surface area contributed by atoms with Crippen molar-refractivity contribution in [2.75, 3.05) is 20.7 Å². The first-order chi connectivity index (χ1) is 9.11. The van der Waals surface area contributed by atoms with E-state index < -0.39 is 0 Å². The molecule has 2 rings (SSSR count). The van der Waals surface area contributed by atoms with Gasteiger partial charge in [-0.05, 0) is 68.8 Å². The van der Waals surface area contributed by atoms with E-state index >= 15 is 0 Å². The van der Waals surface area contributed by atoms with Gasteiger partial charge in [0.05, 0.1) is 19.2 Å². The number of rotatable bonds is 4. The second kappa shape index (κ2) is 5.74. The lowest BCUT2D eigenvalue weighted by molar-refractivity contribution is 0.0989. The molecule has 1 aliphatic carbocycles. The van der Waals surface area contributed by atoms with Gasteiger partial charge in [0, 0.05) is 0 Å². The van der Waals surface area contributed by atoms with Gasteiger partial charge in [-0.25, -0.2) is 0 Å². The van der Waals surface area contributed by atoms with Crippen LogP contribution in [0.25, 0.3) is 0 Å². The molecular weight excluding hydrogens is 238 g/mol. The number of likely N-dealkylation sites (N-methyl/N-ethyl adjacent to an activating group) is 1. The predicted octanol–water partition coefficient (Wildman–Crippen LogP) is 2.59. The quantitative estimate of drug-likeness (QED) is 0.847. The molecule has 0 heterocycles. The van der Waals surface area contributed by atoms with Crippen molar-refractivity contribution in [3.05, 3.63) is 27.8 Å². The molecule has 0 spiro atoms. The molecule has 3 nitrogen and oxygen atoms in total. The molecule has 1 N–H and O–H groups in total. The van der Waals surface area contributed by atoms with E-state index in [1.165, 1.54) is 24.0 Å². The first kappa shape index (κ1) is 14.1. The van der Waals surface area contributed by atoms with Crippen LogP contribution in [-0.2, 0) is 12.8 Å². The summed E-state index contributed by atoms with van der Waals surface area (Å²) in [6.45, 7) is 4.50. The minimum Gasteiger partial charge on any atom is -0.496 e. The summed E-state index contributed by atoms with van der Waals surface area (Å²) in [7, 11) is 3.46. The molecule has 0 amide bonds. The molecule has 3 heteroatoms. The molecule has 1 aliphatic rings. The van der Waals surface area contributed by atoms with Crippen molar-refractivity contribution in [1.29, 1.82) is 0 Å². The van der Waals surface area contributed by atoms with Crippen LogP contribution in [0.4, 0.5) is 0 Å². The summed E-state index contributed by atoms with van der Waals surface area (Å²) < 4.78 is 5.54. The predicted molar refractivity (Wildman–Crippen MR) is 77.4 cm³/mol. The highest BCUT2D eigenvalue weighted by Crippen LogP contribution is 2.37. The van der Waals surface area contributed by atoms with Gasteiger partial charge in [0.1, 0.15) is 5.75 Å². The number of hydrogen-bond donors (Lipinski definition) is 1. The van der Waals surface area contributed by atoms with E-state index in [1.807, 2.05) is 0 Å². The smallest absolute Gasteiger partial charge is 0.180 e. The van der Waals surface area contributed by atoms with Crippen LogP contribution >= 0.6 is 0 Å². The number of fused-ring (bicyclic) bond motifs is 1. The van der Waals surface area contributed by atoms with Crippen molar-refractivity contribution >= 4 is 5.78 Å².